The molecule has 0 radical (unpaired) electrons. The second-order valence-corrected chi connectivity index (χ2v) is 10.8. The van der Waals surface area contributed by atoms with E-state index in [2.05, 4.69) is 25.2 Å². The maximum Gasteiger partial charge on any atom is 0.235 e. The van der Waals surface area contributed by atoms with Crippen LogP contribution in [0.4, 0.5) is 5.69 Å². The molecule has 0 atom stereocenters. The Labute approximate surface area is 208 Å². The smallest absolute Gasteiger partial charge is 0.235 e. The van der Waals surface area contributed by atoms with Crippen LogP contribution in [0.25, 0.3) is 11.0 Å². The molecule has 1 aliphatic carbocycles. The molecule has 3 aliphatic rings. The summed E-state index contributed by atoms with van der Waals surface area (Å²) in [6, 6.07) is 7.55. The van der Waals surface area contributed by atoms with E-state index in [9.17, 15) is 9.90 Å². The number of rotatable bonds is 5. The molecule has 1 saturated carbocycles. The topological polar surface area (TPSA) is 100 Å². The summed E-state index contributed by atoms with van der Waals surface area (Å²) in [5, 5.41) is 13.8. The Bertz CT molecular complexity index is 1300. The predicted molar refractivity (Wildman–Crippen MR) is 133 cm³/mol. The van der Waals surface area contributed by atoms with Crippen LogP contribution in [0.2, 0.25) is 5.02 Å². The van der Waals surface area contributed by atoms with Gasteiger partial charge in [-0.2, -0.15) is 0 Å². The van der Waals surface area contributed by atoms with Crippen LogP contribution in [0, 0.1) is 0 Å². The molecule has 2 N–H and O–H groups in total. The Balaban J connectivity index is 1.06. The predicted octanol–water partition coefficient (Wildman–Crippen LogP) is 3.67. The molecule has 182 valence electrons. The molecule has 2 fully saturated rings. The summed E-state index contributed by atoms with van der Waals surface area (Å²) in [6.45, 7) is 4.79. The highest BCUT2D eigenvalue weighted by molar-refractivity contribution is 6.31. The molecule has 1 amide bonds. The van der Waals surface area contributed by atoms with Crippen molar-refractivity contribution in [2.45, 2.75) is 49.5 Å². The minimum Gasteiger partial charge on any atom is -0.491 e. The van der Waals surface area contributed by atoms with Crippen molar-refractivity contribution in [3.8, 4) is 5.75 Å². The molecule has 2 aromatic heterocycles. The van der Waals surface area contributed by atoms with Crippen LogP contribution in [0.5, 0.6) is 5.75 Å². The number of halogens is 1. The molecule has 6 rings (SSSR count). The van der Waals surface area contributed by atoms with Gasteiger partial charge in [-0.25, -0.2) is 15.0 Å². The Hall–Kier alpha value is -2.81. The van der Waals surface area contributed by atoms with Gasteiger partial charge in [-0.05, 0) is 69.5 Å². The van der Waals surface area contributed by atoms with Crippen molar-refractivity contribution in [3.05, 3.63) is 53.1 Å². The molecule has 9 heteroatoms. The van der Waals surface area contributed by atoms with Gasteiger partial charge in [0.05, 0.1) is 28.4 Å². The number of hydrogen-bond acceptors (Lipinski definition) is 7. The summed E-state index contributed by atoms with van der Waals surface area (Å²) < 4.78 is 6.00. The summed E-state index contributed by atoms with van der Waals surface area (Å²) >= 11 is 6.22. The minimum absolute atomic E-state index is 0.0831. The maximum atomic E-state index is 12.8. The Morgan fingerprint density at radius 1 is 1.20 bits per heavy atom. The van der Waals surface area contributed by atoms with Gasteiger partial charge >= 0.3 is 0 Å². The van der Waals surface area contributed by atoms with Gasteiger partial charge in [-0.15, -0.1) is 0 Å². The third kappa shape index (κ3) is 4.03. The van der Waals surface area contributed by atoms with E-state index in [0.717, 1.165) is 60.5 Å². The van der Waals surface area contributed by atoms with E-state index in [-0.39, 0.29) is 11.8 Å². The van der Waals surface area contributed by atoms with E-state index in [4.69, 9.17) is 16.3 Å². The standard InChI is InChI=1S/C26H28ClN5O3/c1-25(34)12-16(13-25)22-23-21(29-15-30-22)11-18(14-28-23)35-9-8-32-6-4-26(5-7-32)19-10-17(27)2-3-20(19)31-24(26)33/h2-3,10-11,14-16,34H,4-9,12-13H2,1H3,(H,31,33). The molecule has 2 aliphatic heterocycles. The van der Waals surface area contributed by atoms with Crippen LogP contribution in [0.1, 0.15) is 49.8 Å². The maximum absolute atomic E-state index is 12.8. The summed E-state index contributed by atoms with van der Waals surface area (Å²) in [6.07, 6.45) is 6.19. The van der Waals surface area contributed by atoms with Crippen molar-refractivity contribution in [2.75, 3.05) is 31.6 Å². The lowest BCUT2D eigenvalue weighted by atomic mass is 9.70. The SMILES string of the molecule is CC1(O)CC(c2ncnc3cc(OCCN4CCC5(CC4)C(=O)Nc4ccc(Cl)cc45)cnc23)C1. The van der Waals surface area contributed by atoms with Gasteiger partial charge in [0.15, 0.2) is 0 Å². The van der Waals surface area contributed by atoms with Crippen LogP contribution < -0.4 is 10.1 Å². The number of likely N-dealkylation sites (tertiary alicyclic amines) is 1. The van der Waals surface area contributed by atoms with E-state index in [1.54, 1.807) is 12.5 Å². The van der Waals surface area contributed by atoms with Crippen LogP contribution in [-0.4, -0.2) is 62.7 Å². The molecular weight excluding hydrogens is 466 g/mol. The van der Waals surface area contributed by atoms with Crippen LogP contribution in [0.15, 0.2) is 36.8 Å². The van der Waals surface area contributed by atoms with E-state index < -0.39 is 11.0 Å². The fourth-order valence-electron chi connectivity index (χ4n) is 5.85. The van der Waals surface area contributed by atoms with Crippen LogP contribution in [0.3, 0.4) is 0 Å². The van der Waals surface area contributed by atoms with Crippen molar-refractivity contribution in [2.24, 2.45) is 0 Å². The van der Waals surface area contributed by atoms with Gasteiger partial charge in [0, 0.05) is 29.2 Å². The van der Waals surface area contributed by atoms with Gasteiger partial charge in [0.1, 0.15) is 24.2 Å². The van der Waals surface area contributed by atoms with Crippen molar-refractivity contribution in [1.82, 2.24) is 19.9 Å². The Kier molecular flexibility index (Phi) is 5.43. The zero-order chi connectivity index (χ0) is 24.2. The molecule has 3 aromatic rings. The number of benzene rings is 1. The van der Waals surface area contributed by atoms with Crippen LogP contribution >= 0.6 is 11.6 Å². The largest absolute Gasteiger partial charge is 0.491 e. The monoisotopic (exact) mass is 493 g/mol. The van der Waals surface area contributed by atoms with E-state index in [0.29, 0.717) is 30.2 Å². The average molecular weight is 494 g/mol. The van der Waals surface area contributed by atoms with E-state index >= 15 is 0 Å². The first-order valence-corrected chi connectivity index (χ1v) is 12.5. The molecule has 0 unspecified atom stereocenters. The van der Waals surface area contributed by atoms with Gasteiger partial charge < -0.3 is 15.2 Å². The number of anilines is 1. The number of amides is 1. The lowest BCUT2D eigenvalue weighted by molar-refractivity contribution is -0.122. The molecule has 35 heavy (non-hydrogen) atoms. The summed E-state index contributed by atoms with van der Waals surface area (Å²) in [4.78, 5) is 28.5. The molecule has 1 aromatic carbocycles. The number of aliphatic hydroxyl groups is 1. The van der Waals surface area contributed by atoms with Crippen molar-refractivity contribution >= 4 is 34.2 Å². The Morgan fingerprint density at radius 3 is 2.77 bits per heavy atom. The van der Waals surface area contributed by atoms with Gasteiger partial charge in [0.2, 0.25) is 5.91 Å². The second kappa shape index (κ2) is 8.40. The van der Waals surface area contributed by atoms with Gasteiger partial charge in [0.25, 0.3) is 0 Å². The van der Waals surface area contributed by atoms with Crippen molar-refractivity contribution in [1.29, 1.82) is 0 Å². The number of carbonyl (C=O) groups excluding carboxylic acids is 1. The fourth-order valence-corrected chi connectivity index (χ4v) is 6.02. The first-order chi connectivity index (χ1) is 16.8. The minimum atomic E-state index is -0.614. The lowest BCUT2D eigenvalue weighted by Crippen LogP contribution is -2.47. The van der Waals surface area contributed by atoms with E-state index in [1.165, 1.54) is 0 Å². The average Bonchev–Trinajstić information content (AvgIpc) is 3.08. The zero-order valence-electron chi connectivity index (χ0n) is 19.6. The van der Waals surface area contributed by atoms with Gasteiger partial charge in [-0.1, -0.05) is 11.6 Å². The highest BCUT2D eigenvalue weighted by atomic mass is 35.5. The number of carbonyl (C=O) groups is 1. The number of aromatic nitrogens is 3. The number of piperidine rings is 1. The third-order valence-corrected chi connectivity index (χ3v) is 8.04. The van der Waals surface area contributed by atoms with Gasteiger partial charge in [-0.3, -0.25) is 9.69 Å². The van der Waals surface area contributed by atoms with Crippen molar-refractivity contribution in [3.63, 3.8) is 0 Å². The Morgan fingerprint density at radius 2 is 2.00 bits per heavy atom. The lowest BCUT2D eigenvalue weighted by Gasteiger charge is -2.40. The molecule has 1 spiro atoms. The molecular formula is C26H28ClN5O3. The number of pyridine rings is 1. The third-order valence-electron chi connectivity index (χ3n) is 7.80. The summed E-state index contributed by atoms with van der Waals surface area (Å²) in [5.74, 6) is 0.969. The number of hydrogen-bond donors (Lipinski definition) is 2. The summed E-state index contributed by atoms with van der Waals surface area (Å²) in [5.41, 5.74) is 3.24. The normalized spacial score (nSPS) is 25.3. The van der Waals surface area contributed by atoms with Crippen molar-refractivity contribution < 1.29 is 14.6 Å². The number of nitrogens with one attached hydrogen (secondary N) is 1. The van der Waals surface area contributed by atoms with E-state index in [1.807, 2.05) is 31.2 Å². The quantitative estimate of drug-likeness (QED) is 0.559. The second-order valence-electron chi connectivity index (χ2n) is 10.3. The number of nitrogens with zero attached hydrogens (tertiary/aromatic N) is 4. The molecule has 0 bridgehead atoms. The zero-order valence-corrected chi connectivity index (χ0v) is 20.4. The molecule has 8 nitrogen and oxygen atoms in total. The molecule has 4 heterocycles. The highest BCUT2D eigenvalue weighted by Crippen LogP contribution is 2.46. The molecule has 1 saturated heterocycles. The van der Waals surface area contributed by atoms with Crippen LogP contribution in [-0.2, 0) is 10.2 Å². The summed E-state index contributed by atoms with van der Waals surface area (Å²) in [7, 11) is 0. The number of ether oxygens (including phenoxy) is 1. The first-order valence-electron chi connectivity index (χ1n) is 12.1. The number of fused-ring (bicyclic) bond motifs is 3. The first kappa shape index (κ1) is 22.6. The fraction of sp³-hybridized carbons (Fsp3) is 0.462. The highest BCUT2D eigenvalue weighted by Gasteiger charge is 2.48.